The van der Waals surface area contributed by atoms with Gasteiger partial charge in [0.05, 0.1) is 11.2 Å². The molecule has 0 saturated heterocycles. The van der Waals surface area contributed by atoms with Crippen LogP contribution < -0.4 is 4.74 Å². The summed E-state index contributed by atoms with van der Waals surface area (Å²) in [4.78, 5) is 4.61. The summed E-state index contributed by atoms with van der Waals surface area (Å²) in [6.07, 6.45) is 9.98. The van der Waals surface area contributed by atoms with Crippen LogP contribution in [-0.2, 0) is 13.0 Å². The van der Waals surface area contributed by atoms with Crippen molar-refractivity contribution in [3.8, 4) is 17.1 Å². The number of aliphatic hydroxyl groups is 1. The number of rotatable bonds is 3. The van der Waals surface area contributed by atoms with Crippen LogP contribution in [0, 0.1) is 0 Å². The first-order chi connectivity index (χ1) is 12.9. The summed E-state index contributed by atoms with van der Waals surface area (Å²) < 4.78 is 13.5. The topological polar surface area (TPSA) is 60.4 Å². The van der Waals surface area contributed by atoms with Gasteiger partial charge in [0.2, 0.25) is 0 Å². The van der Waals surface area contributed by atoms with E-state index < -0.39 is 0 Å². The van der Waals surface area contributed by atoms with Gasteiger partial charge >= 0.3 is 0 Å². The minimum Gasteiger partial charge on any atom is -0.468 e. The van der Waals surface area contributed by atoms with Crippen molar-refractivity contribution >= 4 is 10.9 Å². The zero-order valence-electron chi connectivity index (χ0n) is 14.9. The number of fused-ring (bicyclic) bond motifs is 5. The third-order valence-electron chi connectivity index (χ3n) is 5.97. The van der Waals surface area contributed by atoms with Crippen LogP contribution in [0.4, 0.5) is 0 Å². The molecule has 1 saturated carbocycles. The van der Waals surface area contributed by atoms with Gasteiger partial charge in [-0.15, -0.1) is 0 Å². The molecule has 1 fully saturated rings. The molecule has 2 aromatic heterocycles. The first kappa shape index (κ1) is 15.9. The lowest BCUT2D eigenvalue weighted by Gasteiger charge is -2.23. The van der Waals surface area contributed by atoms with E-state index in [1.54, 1.807) is 6.39 Å². The summed E-state index contributed by atoms with van der Waals surface area (Å²) in [6.45, 7) is 0.648. The van der Waals surface area contributed by atoms with Gasteiger partial charge in [0.1, 0.15) is 17.2 Å². The molecule has 0 atom stereocenters. The normalized spacial score (nSPS) is 17.7. The third kappa shape index (κ3) is 2.45. The van der Waals surface area contributed by atoms with Crippen LogP contribution in [0.3, 0.4) is 0 Å². The summed E-state index contributed by atoms with van der Waals surface area (Å²) in [6, 6.07) is 6.19. The highest BCUT2D eigenvalue weighted by molar-refractivity contribution is 5.93. The Labute approximate surface area is 152 Å². The number of benzene rings is 1. The number of ether oxygens (including phenoxy) is 1. The SMILES string of the molecule is OCOc1ccc2c(C3CCCCC3)c3n(c2c1)CCCc1ocnc1-3. The molecule has 2 aliphatic rings. The van der Waals surface area contributed by atoms with Crippen molar-refractivity contribution in [2.75, 3.05) is 6.79 Å². The summed E-state index contributed by atoms with van der Waals surface area (Å²) in [5, 5.41) is 10.4. The fourth-order valence-electron chi connectivity index (χ4n) is 4.85. The maximum Gasteiger partial charge on any atom is 0.186 e. The van der Waals surface area contributed by atoms with Crippen molar-refractivity contribution in [2.45, 2.75) is 57.4 Å². The van der Waals surface area contributed by atoms with Crippen molar-refractivity contribution < 1.29 is 14.3 Å². The van der Waals surface area contributed by atoms with E-state index in [9.17, 15) is 0 Å². The minimum atomic E-state index is -0.304. The maximum atomic E-state index is 9.14. The fourth-order valence-corrected chi connectivity index (χ4v) is 4.85. The summed E-state index contributed by atoms with van der Waals surface area (Å²) in [5.74, 6) is 2.30. The molecule has 1 aliphatic carbocycles. The first-order valence-electron chi connectivity index (χ1n) is 9.69. The molecule has 3 aromatic rings. The van der Waals surface area contributed by atoms with E-state index in [0.717, 1.165) is 30.8 Å². The van der Waals surface area contributed by atoms with Crippen LogP contribution in [0.15, 0.2) is 29.0 Å². The smallest absolute Gasteiger partial charge is 0.186 e. The van der Waals surface area contributed by atoms with E-state index in [4.69, 9.17) is 14.3 Å². The second-order valence-corrected chi connectivity index (χ2v) is 7.43. The molecule has 0 spiro atoms. The summed E-state index contributed by atoms with van der Waals surface area (Å²) in [5.41, 5.74) is 4.88. The van der Waals surface area contributed by atoms with Gasteiger partial charge in [0.25, 0.3) is 0 Å². The molecule has 0 bridgehead atoms. The standard InChI is InChI=1S/C21H24N2O3/c24-13-26-15-8-9-16-17(11-15)23-10-4-7-18-20(22-12-25-18)21(23)19(16)14-5-2-1-3-6-14/h8-9,11-12,14,24H,1-7,10,13H2. The van der Waals surface area contributed by atoms with Gasteiger partial charge in [0, 0.05) is 24.4 Å². The molecule has 5 heteroatoms. The van der Waals surface area contributed by atoms with Crippen LogP contribution in [0.2, 0.25) is 0 Å². The number of hydrogen-bond acceptors (Lipinski definition) is 4. The van der Waals surface area contributed by atoms with Crippen LogP contribution >= 0.6 is 0 Å². The van der Waals surface area contributed by atoms with Crippen LogP contribution in [0.5, 0.6) is 5.75 Å². The highest BCUT2D eigenvalue weighted by Crippen LogP contribution is 2.46. The number of aliphatic hydroxyl groups excluding tert-OH is 1. The second-order valence-electron chi connectivity index (χ2n) is 7.43. The predicted octanol–water partition coefficient (Wildman–Crippen LogP) is 4.62. The van der Waals surface area contributed by atoms with E-state index in [1.165, 1.54) is 54.3 Å². The summed E-state index contributed by atoms with van der Waals surface area (Å²) in [7, 11) is 0. The number of oxazole rings is 1. The van der Waals surface area contributed by atoms with Crippen molar-refractivity contribution in [3.05, 3.63) is 35.9 Å². The van der Waals surface area contributed by atoms with Crippen LogP contribution in [0.1, 0.15) is 55.8 Å². The lowest BCUT2D eigenvalue weighted by Crippen LogP contribution is -2.07. The molecule has 136 valence electrons. The van der Waals surface area contributed by atoms with Crippen molar-refractivity contribution in [1.82, 2.24) is 9.55 Å². The number of aryl methyl sites for hydroxylation is 2. The molecule has 0 radical (unpaired) electrons. The predicted molar refractivity (Wildman–Crippen MR) is 99.3 cm³/mol. The lowest BCUT2D eigenvalue weighted by molar-refractivity contribution is 0.0987. The molecule has 5 rings (SSSR count). The number of hydrogen-bond donors (Lipinski definition) is 1. The van der Waals surface area contributed by atoms with Gasteiger partial charge in [-0.05, 0) is 42.9 Å². The van der Waals surface area contributed by atoms with Gasteiger partial charge in [-0.25, -0.2) is 4.98 Å². The Bertz CT molecular complexity index is 934. The quantitative estimate of drug-likeness (QED) is 0.699. The van der Waals surface area contributed by atoms with Gasteiger partial charge in [-0.1, -0.05) is 19.3 Å². The number of nitrogens with zero attached hydrogens (tertiary/aromatic N) is 2. The van der Waals surface area contributed by atoms with Crippen molar-refractivity contribution in [1.29, 1.82) is 0 Å². The largest absolute Gasteiger partial charge is 0.468 e. The van der Waals surface area contributed by atoms with Gasteiger partial charge in [0.15, 0.2) is 13.2 Å². The molecule has 1 N–H and O–H groups in total. The molecule has 1 aliphatic heterocycles. The van der Waals surface area contributed by atoms with Crippen LogP contribution in [-0.4, -0.2) is 21.5 Å². The molecule has 1 aromatic carbocycles. The molecule has 0 amide bonds. The number of aromatic nitrogens is 2. The fraction of sp³-hybridized carbons (Fsp3) is 0.476. The Hall–Kier alpha value is -2.27. The highest BCUT2D eigenvalue weighted by Gasteiger charge is 2.30. The lowest BCUT2D eigenvalue weighted by atomic mass is 9.82. The molecule has 3 heterocycles. The Kier molecular flexibility index (Phi) is 3.97. The minimum absolute atomic E-state index is 0.304. The second kappa shape index (κ2) is 6.47. The molecule has 26 heavy (non-hydrogen) atoms. The maximum absolute atomic E-state index is 9.14. The molecular formula is C21H24N2O3. The average Bonchev–Trinajstić information content (AvgIpc) is 3.21. The Morgan fingerprint density at radius 3 is 2.92 bits per heavy atom. The van der Waals surface area contributed by atoms with E-state index in [-0.39, 0.29) is 6.79 Å². The van der Waals surface area contributed by atoms with Crippen molar-refractivity contribution in [2.24, 2.45) is 0 Å². The van der Waals surface area contributed by atoms with E-state index in [2.05, 4.69) is 21.7 Å². The first-order valence-corrected chi connectivity index (χ1v) is 9.69. The van der Waals surface area contributed by atoms with Gasteiger partial charge in [-0.2, -0.15) is 0 Å². The van der Waals surface area contributed by atoms with E-state index in [0.29, 0.717) is 11.7 Å². The average molecular weight is 352 g/mol. The Morgan fingerprint density at radius 1 is 1.19 bits per heavy atom. The van der Waals surface area contributed by atoms with E-state index >= 15 is 0 Å². The molecule has 5 nitrogen and oxygen atoms in total. The zero-order valence-corrected chi connectivity index (χ0v) is 14.9. The van der Waals surface area contributed by atoms with Crippen LogP contribution in [0.25, 0.3) is 22.3 Å². The molecule has 0 unspecified atom stereocenters. The van der Waals surface area contributed by atoms with Gasteiger partial charge in [-0.3, -0.25) is 0 Å². The monoisotopic (exact) mass is 352 g/mol. The summed E-state index contributed by atoms with van der Waals surface area (Å²) >= 11 is 0. The van der Waals surface area contributed by atoms with E-state index in [1.807, 2.05) is 6.07 Å². The highest BCUT2D eigenvalue weighted by atomic mass is 16.6. The van der Waals surface area contributed by atoms with Gasteiger partial charge < -0.3 is 18.8 Å². The zero-order chi connectivity index (χ0) is 17.5. The van der Waals surface area contributed by atoms with Crippen molar-refractivity contribution in [3.63, 3.8) is 0 Å². The molecular weight excluding hydrogens is 328 g/mol. The third-order valence-corrected chi connectivity index (χ3v) is 5.97. The Morgan fingerprint density at radius 2 is 2.08 bits per heavy atom. The Balaban J connectivity index is 1.79.